The highest BCUT2D eigenvalue weighted by atomic mass is 16.5. The van der Waals surface area contributed by atoms with Crippen LogP contribution in [0.3, 0.4) is 0 Å². The zero-order chi connectivity index (χ0) is 21.1. The molecule has 0 bridgehead atoms. The molecule has 6 heteroatoms. The molecule has 2 aromatic carbocycles. The molecule has 3 aromatic rings. The Kier molecular flexibility index (Phi) is 5.30. The predicted molar refractivity (Wildman–Crippen MR) is 112 cm³/mol. The number of aliphatic hydroxyl groups excluding tert-OH is 1. The zero-order valence-corrected chi connectivity index (χ0v) is 16.4. The van der Waals surface area contributed by atoms with E-state index in [1.54, 1.807) is 55.9 Å². The maximum atomic E-state index is 13.0. The quantitative estimate of drug-likeness (QED) is 0.401. The topological polar surface area (TPSA) is 79.7 Å². The molecule has 1 saturated heterocycles. The van der Waals surface area contributed by atoms with Gasteiger partial charge in [0.25, 0.3) is 11.7 Å². The first-order chi connectivity index (χ1) is 14.6. The lowest BCUT2D eigenvalue weighted by Crippen LogP contribution is -2.29. The molecule has 0 aliphatic carbocycles. The van der Waals surface area contributed by atoms with Gasteiger partial charge in [-0.25, -0.2) is 0 Å². The molecule has 0 spiro atoms. The number of ketones is 1. The third kappa shape index (κ3) is 3.55. The number of hydrogen-bond donors (Lipinski definition) is 1. The van der Waals surface area contributed by atoms with Crippen molar-refractivity contribution in [2.24, 2.45) is 0 Å². The number of ether oxygens (including phenoxy) is 1. The summed E-state index contributed by atoms with van der Waals surface area (Å²) in [6.07, 6.45) is 3.28. The van der Waals surface area contributed by atoms with Crippen LogP contribution < -0.4 is 4.74 Å². The van der Waals surface area contributed by atoms with Gasteiger partial charge in [0.15, 0.2) is 0 Å². The molecular formula is C24H20N2O4. The molecule has 0 radical (unpaired) electrons. The van der Waals surface area contributed by atoms with E-state index in [0.29, 0.717) is 11.3 Å². The van der Waals surface area contributed by atoms with Crippen molar-refractivity contribution >= 4 is 17.4 Å². The number of hydrogen-bond acceptors (Lipinski definition) is 5. The summed E-state index contributed by atoms with van der Waals surface area (Å²) in [7, 11) is 1.55. The maximum absolute atomic E-state index is 13.0. The standard InChI is InChI=1S/C24H20N2O4/c1-30-19-9-7-18(8-10-19)22(27)20-21(17-5-3-2-4-6-17)26(24(29)23(20)28)15-16-11-13-25-14-12-16/h2-14,21,27H,15H2,1H3/b22-20+. The first-order valence-electron chi connectivity index (χ1n) is 9.47. The van der Waals surface area contributed by atoms with Crippen molar-refractivity contribution in [3.05, 3.63) is 101 Å². The molecule has 1 atom stereocenters. The minimum absolute atomic E-state index is 0.0745. The molecule has 0 saturated carbocycles. The molecule has 4 rings (SSSR count). The van der Waals surface area contributed by atoms with Gasteiger partial charge in [-0.2, -0.15) is 0 Å². The van der Waals surface area contributed by atoms with E-state index in [1.807, 2.05) is 30.3 Å². The van der Waals surface area contributed by atoms with E-state index >= 15 is 0 Å². The SMILES string of the molecule is COc1ccc(/C(O)=C2\C(=O)C(=O)N(Cc3ccncc3)C2c2ccccc2)cc1. The molecule has 1 fully saturated rings. The Labute approximate surface area is 174 Å². The molecule has 1 aliphatic heterocycles. The molecule has 150 valence electrons. The van der Waals surface area contributed by atoms with Crippen LogP contribution in [0.2, 0.25) is 0 Å². The lowest BCUT2D eigenvalue weighted by Gasteiger charge is -2.25. The van der Waals surface area contributed by atoms with Crippen LogP contribution in [0.4, 0.5) is 0 Å². The second kappa shape index (κ2) is 8.21. The van der Waals surface area contributed by atoms with E-state index in [2.05, 4.69) is 4.98 Å². The number of carbonyl (C=O) groups excluding carboxylic acids is 2. The summed E-state index contributed by atoms with van der Waals surface area (Å²) < 4.78 is 5.15. The minimum atomic E-state index is -0.703. The van der Waals surface area contributed by atoms with Gasteiger partial charge in [0.05, 0.1) is 18.7 Å². The number of pyridine rings is 1. The zero-order valence-electron chi connectivity index (χ0n) is 16.4. The van der Waals surface area contributed by atoms with E-state index < -0.39 is 17.7 Å². The number of methoxy groups -OCH3 is 1. The van der Waals surface area contributed by atoms with E-state index in [1.165, 1.54) is 4.90 Å². The summed E-state index contributed by atoms with van der Waals surface area (Å²) in [6.45, 7) is 0.228. The Balaban J connectivity index is 1.83. The molecule has 1 amide bonds. The van der Waals surface area contributed by atoms with E-state index in [0.717, 1.165) is 11.1 Å². The van der Waals surface area contributed by atoms with E-state index in [-0.39, 0.29) is 17.9 Å². The van der Waals surface area contributed by atoms with E-state index in [4.69, 9.17) is 4.74 Å². The van der Waals surface area contributed by atoms with Gasteiger partial charge in [-0.3, -0.25) is 14.6 Å². The predicted octanol–water partition coefficient (Wildman–Crippen LogP) is 3.71. The summed E-state index contributed by atoms with van der Waals surface area (Å²) in [6, 6.07) is 18.8. The second-order valence-corrected chi connectivity index (χ2v) is 6.92. The Morgan fingerprint density at radius 1 is 1.00 bits per heavy atom. The van der Waals surface area contributed by atoms with Crippen LogP contribution in [0.5, 0.6) is 5.75 Å². The number of nitrogens with zero attached hydrogens (tertiary/aromatic N) is 2. The summed E-state index contributed by atoms with van der Waals surface area (Å²) in [5.74, 6) is -0.923. The Morgan fingerprint density at radius 3 is 2.30 bits per heavy atom. The summed E-state index contributed by atoms with van der Waals surface area (Å²) in [4.78, 5) is 31.4. The van der Waals surface area contributed by atoms with Crippen molar-refractivity contribution < 1.29 is 19.4 Å². The Morgan fingerprint density at radius 2 is 1.67 bits per heavy atom. The van der Waals surface area contributed by atoms with Gasteiger partial charge >= 0.3 is 0 Å². The lowest BCUT2D eigenvalue weighted by atomic mass is 9.95. The van der Waals surface area contributed by atoms with Crippen molar-refractivity contribution in [1.82, 2.24) is 9.88 Å². The van der Waals surface area contributed by atoms with Crippen LogP contribution in [-0.4, -0.2) is 33.8 Å². The lowest BCUT2D eigenvalue weighted by molar-refractivity contribution is -0.140. The first kappa shape index (κ1) is 19.4. The second-order valence-electron chi connectivity index (χ2n) is 6.92. The van der Waals surface area contributed by atoms with Gasteiger partial charge in [0.2, 0.25) is 0 Å². The number of likely N-dealkylation sites (tertiary alicyclic amines) is 1. The van der Waals surface area contributed by atoms with Crippen LogP contribution in [0.25, 0.3) is 5.76 Å². The number of amides is 1. The fraction of sp³-hybridized carbons (Fsp3) is 0.125. The number of rotatable bonds is 5. The third-order valence-electron chi connectivity index (χ3n) is 5.12. The van der Waals surface area contributed by atoms with Gasteiger partial charge in [-0.05, 0) is 47.5 Å². The highest BCUT2D eigenvalue weighted by Gasteiger charge is 2.45. The normalized spacial score (nSPS) is 17.9. The monoisotopic (exact) mass is 400 g/mol. The average molecular weight is 400 g/mol. The summed E-state index contributed by atoms with van der Waals surface area (Å²) in [5.41, 5.74) is 2.11. The van der Waals surface area contributed by atoms with Crippen LogP contribution in [0, 0.1) is 0 Å². The minimum Gasteiger partial charge on any atom is -0.507 e. The molecule has 2 heterocycles. The average Bonchev–Trinajstić information content (AvgIpc) is 3.05. The van der Waals surface area contributed by atoms with Gasteiger partial charge in [-0.1, -0.05) is 30.3 Å². The Hall–Kier alpha value is -3.93. The van der Waals surface area contributed by atoms with Crippen molar-refractivity contribution in [3.63, 3.8) is 0 Å². The molecular weight excluding hydrogens is 380 g/mol. The fourth-order valence-electron chi connectivity index (χ4n) is 3.61. The molecule has 1 unspecified atom stereocenters. The van der Waals surface area contributed by atoms with Crippen molar-refractivity contribution in [1.29, 1.82) is 0 Å². The highest BCUT2D eigenvalue weighted by Crippen LogP contribution is 2.40. The van der Waals surface area contributed by atoms with Crippen LogP contribution in [-0.2, 0) is 16.1 Å². The first-order valence-corrected chi connectivity index (χ1v) is 9.47. The number of Topliss-reactive ketones (excluding diaryl/α,β-unsaturated/α-hetero) is 1. The van der Waals surface area contributed by atoms with Crippen LogP contribution in [0.1, 0.15) is 22.7 Å². The van der Waals surface area contributed by atoms with Crippen LogP contribution in [0.15, 0.2) is 84.7 Å². The highest BCUT2D eigenvalue weighted by molar-refractivity contribution is 6.46. The maximum Gasteiger partial charge on any atom is 0.295 e. The van der Waals surface area contributed by atoms with Crippen LogP contribution >= 0.6 is 0 Å². The number of aromatic nitrogens is 1. The fourth-order valence-corrected chi connectivity index (χ4v) is 3.61. The van der Waals surface area contributed by atoms with Gasteiger partial charge in [0.1, 0.15) is 11.5 Å². The molecule has 1 N–H and O–H groups in total. The van der Waals surface area contributed by atoms with Gasteiger partial charge in [0, 0.05) is 24.5 Å². The van der Waals surface area contributed by atoms with E-state index in [9.17, 15) is 14.7 Å². The number of carbonyl (C=O) groups is 2. The smallest absolute Gasteiger partial charge is 0.295 e. The van der Waals surface area contributed by atoms with Gasteiger partial charge in [-0.15, -0.1) is 0 Å². The molecule has 6 nitrogen and oxygen atoms in total. The molecule has 30 heavy (non-hydrogen) atoms. The molecule has 1 aliphatic rings. The summed E-state index contributed by atoms with van der Waals surface area (Å²) in [5, 5.41) is 11.0. The largest absolute Gasteiger partial charge is 0.507 e. The van der Waals surface area contributed by atoms with Crippen molar-refractivity contribution in [3.8, 4) is 5.75 Å². The number of benzene rings is 2. The molecule has 1 aromatic heterocycles. The third-order valence-corrected chi connectivity index (χ3v) is 5.12. The summed E-state index contributed by atoms with van der Waals surface area (Å²) >= 11 is 0. The van der Waals surface area contributed by atoms with Crippen molar-refractivity contribution in [2.45, 2.75) is 12.6 Å². The van der Waals surface area contributed by atoms with Crippen molar-refractivity contribution in [2.75, 3.05) is 7.11 Å². The Bertz CT molecular complexity index is 1090. The number of aliphatic hydroxyl groups is 1. The van der Waals surface area contributed by atoms with Gasteiger partial charge < -0.3 is 14.7 Å².